The number of hydrogen-bond donors (Lipinski definition) is 0. The summed E-state index contributed by atoms with van der Waals surface area (Å²) in [6, 6.07) is 13.9. The van der Waals surface area contributed by atoms with Crippen LogP contribution in [0.25, 0.3) is 10.8 Å². The molecule has 1 fully saturated rings. The quantitative estimate of drug-likeness (QED) is 0.541. The van der Waals surface area contributed by atoms with E-state index in [1.165, 1.54) is 42.0 Å². The smallest absolute Gasteiger partial charge is 0.0132 e. The molecule has 0 amide bonds. The van der Waals surface area contributed by atoms with Crippen molar-refractivity contribution in [3.63, 3.8) is 0 Å². The number of hydrogen-bond acceptors (Lipinski definition) is 0. The molecule has 2 aromatic rings. The predicted octanol–water partition coefficient (Wildman–Crippen LogP) is 6.82. The third-order valence-corrected chi connectivity index (χ3v) is 5.54. The molecule has 0 heterocycles. The van der Waals surface area contributed by atoms with Crippen LogP contribution in [0.5, 0.6) is 0 Å². The Morgan fingerprint density at radius 1 is 0.955 bits per heavy atom. The SMILES string of the molecule is CC1(C)CCC(c2cc(C(C)(C)C)cc3ccccc23)CC1. The second-order valence-electron chi connectivity index (χ2n) is 8.98. The topological polar surface area (TPSA) is 0 Å². The lowest BCUT2D eigenvalue weighted by Crippen LogP contribution is -2.21. The Labute approximate surface area is 135 Å². The number of benzene rings is 2. The van der Waals surface area contributed by atoms with Crippen LogP contribution < -0.4 is 0 Å². The zero-order valence-corrected chi connectivity index (χ0v) is 14.9. The summed E-state index contributed by atoms with van der Waals surface area (Å²) < 4.78 is 0. The van der Waals surface area contributed by atoms with Crippen molar-refractivity contribution in [2.24, 2.45) is 5.41 Å². The van der Waals surface area contributed by atoms with E-state index < -0.39 is 0 Å². The Balaban J connectivity index is 2.08. The lowest BCUT2D eigenvalue weighted by atomic mass is 9.70. The molecule has 1 aliphatic carbocycles. The van der Waals surface area contributed by atoms with Crippen molar-refractivity contribution in [1.29, 1.82) is 0 Å². The molecule has 0 unspecified atom stereocenters. The molecular weight excluding hydrogens is 264 g/mol. The monoisotopic (exact) mass is 294 g/mol. The fourth-order valence-electron chi connectivity index (χ4n) is 3.82. The van der Waals surface area contributed by atoms with Crippen molar-refractivity contribution in [2.45, 2.75) is 71.6 Å². The molecule has 2 aromatic carbocycles. The van der Waals surface area contributed by atoms with E-state index in [9.17, 15) is 0 Å². The number of fused-ring (bicyclic) bond motifs is 1. The van der Waals surface area contributed by atoms with Gasteiger partial charge in [-0.3, -0.25) is 0 Å². The summed E-state index contributed by atoms with van der Waals surface area (Å²) in [7, 11) is 0. The first-order valence-corrected chi connectivity index (χ1v) is 8.79. The van der Waals surface area contributed by atoms with Crippen LogP contribution in [-0.4, -0.2) is 0 Å². The van der Waals surface area contributed by atoms with Crippen molar-refractivity contribution in [3.8, 4) is 0 Å². The van der Waals surface area contributed by atoms with Crippen LogP contribution in [0.3, 0.4) is 0 Å². The Morgan fingerprint density at radius 3 is 2.23 bits per heavy atom. The fourth-order valence-corrected chi connectivity index (χ4v) is 3.82. The molecule has 0 bridgehead atoms. The maximum atomic E-state index is 2.51. The Morgan fingerprint density at radius 2 is 1.59 bits per heavy atom. The molecule has 1 aliphatic rings. The maximum absolute atomic E-state index is 2.51. The Hall–Kier alpha value is -1.30. The fraction of sp³-hybridized carbons (Fsp3) is 0.545. The largest absolute Gasteiger partial charge is 0.0616 e. The second kappa shape index (κ2) is 5.41. The molecule has 0 aromatic heterocycles. The van der Waals surface area contributed by atoms with Crippen molar-refractivity contribution in [3.05, 3.63) is 47.5 Å². The molecule has 118 valence electrons. The van der Waals surface area contributed by atoms with Crippen LogP contribution in [0.15, 0.2) is 36.4 Å². The van der Waals surface area contributed by atoms with Gasteiger partial charge in [0.1, 0.15) is 0 Å². The first-order chi connectivity index (χ1) is 10.3. The van der Waals surface area contributed by atoms with Gasteiger partial charge in [0.25, 0.3) is 0 Å². The normalized spacial score (nSPS) is 19.5. The first-order valence-electron chi connectivity index (χ1n) is 8.79. The van der Waals surface area contributed by atoms with Crippen LogP contribution in [0.4, 0.5) is 0 Å². The minimum absolute atomic E-state index is 0.215. The standard InChI is InChI=1S/C22H30/c1-21(2,3)18-14-17-8-6-7-9-19(17)20(15-18)16-10-12-22(4,5)13-11-16/h6-9,14-16H,10-13H2,1-5H3. The number of rotatable bonds is 1. The lowest BCUT2D eigenvalue weighted by molar-refractivity contribution is 0.225. The highest BCUT2D eigenvalue weighted by atomic mass is 14.3. The Bertz CT molecular complexity index is 660. The van der Waals surface area contributed by atoms with Gasteiger partial charge in [-0.1, -0.05) is 71.0 Å². The van der Waals surface area contributed by atoms with Gasteiger partial charge < -0.3 is 0 Å². The molecule has 0 heteroatoms. The van der Waals surface area contributed by atoms with Gasteiger partial charge in [0.15, 0.2) is 0 Å². The minimum Gasteiger partial charge on any atom is -0.0616 e. The summed E-state index contributed by atoms with van der Waals surface area (Å²) >= 11 is 0. The molecule has 1 saturated carbocycles. The average Bonchev–Trinajstić information content (AvgIpc) is 2.45. The van der Waals surface area contributed by atoms with E-state index in [0.29, 0.717) is 5.41 Å². The molecule has 0 radical (unpaired) electrons. The lowest BCUT2D eigenvalue weighted by Gasteiger charge is -2.35. The molecule has 0 saturated heterocycles. The Kier molecular flexibility index (Phi) is 3.83. The third kappa shape index (κ3) is 3.07. The van der Waals surface area contributed by atoms with E-state index in [4.69, 9.17) is 0 Å². The van der Waals surface area contributed by atoms with Gasteiger partial charge in [-0.2, -0.15) is 0 Å². The molecule has 22 heavy (non-hydrogen) atoms. The summed E-state index contributed by atoms with van der Waals surface area (Å²) in [5.74, 6) is 0.736. The minimum atomic E-state index is 0.215. The summed E-state index contributed by atoms with van der Waals surface area (Å²) in [5.41, 5.74) is 3.82. The highest BCUT2D eigenvalue weighted by molar-refractivity contribution is 5.87. The average molecular weight is 294 g/mol. The predicted molar refractivity (Wildman–Crippen MR) is 97.6 cm³/mol. The van der Waals surface area contributed by atoms with Crippen molar-refractivity contribution in [1.82, 2.24) is 0 Å². The van der Waals surface area contributed by atoms with Crippen LogP contribution >= 0.6 is 0 Å². The third-order valence-electron chi connectivity index (χ3n) is 5.54. The summed E-state index contributed by atoms with van der Waals surface area (Å²) in [4.78, 5) is 0. The van der Waals surface area contributed by atoms with Gasteiger partial charge in [-0.25, -0.2) is 0 Å². The van der Waals surface area contributed by atoms with Crippen molar-refractivity contribution >= 4 is 10.8 Å². The molecule has 0 aliphatic heterocycles. The second-order valence-corrected chi connectivity index (χ2v) is 8.98. The highest BCUT2D eigenvalue weighted by Gasteiger charge is 2.29. The molecule has 0 atom stereocenters. The van der Waals surface area contributed by atoms with Crippen molar-refractivity contribution < 1.29 is 0 Å². The molecule has 3 rings (SSSR count). The molecule has 0 nitrogen and oxygen atoms in total. The van der Waals surface area contributed by atoms with E-state index in [1.807, 2.05) is 0 Å². The molecule has 0 N–H and O–H groups in total. The van der Waals surface area contributed by atoms with Gasteiger partial charge >= 0.3 is 0 Å². The van der Waals surface area contributed by atoms with E-state index in [2.05, 4.69) is 71.0 Å². The van der Waals surface area contributed by atoms with Crippen LogP contribution in [0.1, 0.15) is 77.3 Å². The summed E-state index contributed by atoms with van der Waals surface area (Å²) in [6.07, 6.45) is 5.38. The van der Waals surface area contributed by atoms with E-state index in [-0.39, 0.29) is 5.41 Å². The summed E-state index contributed by atoms with van der Waals surface area (Å²) in [6.45, 7) is 11.8. The maximum Gasteiger partial charge on any atom is -0.0132 e. The van der Waals surface area contributed by atoms with Gasteiger partial charge in [-0.15, -0.1) is 0 Å². The van der Waals surface area contributed by atoms with Gasteiger partial charge in [0.05, 0.1) is 0 Å². The van der Waals surface area contributed by atoms with Crippen LogP contribution in [-0.2, 0) is 5.41 Å². The zero-order chi connectivity index (χ0) is 16.0. The van der Waals surface area contributed by atoms with E-state index >= 15 is 0 Å². The van der Waals surface area contributed by atoms with Crippen LogP contribution in [0, 0.1) is 5.41 Å². The van der Waals surface area contributed by atoms with Gasteiger partial charge in [0, 0.05) is 0 Å². The molecular formula is C22H30. The zero-order valence-electron chi connectivity index (χ0n) is 14.9. The first kappa shape index (κ1) is 15.6. The highest BCUT2D eigenvalue weighted by Crippen LogP contribution is 2.44. The van der Waals surface area contributed by atoms with Crippen molar-refractivity contribution in [2.75, 3.05) is 0 Å². The molecule has 0 spiro atoms. The van der Waals surface area contributed by atoms with E-state index in [0.717, 1.165) is 5.92 Å². The van der Waals surface area contributed by atoms with Gasteiger partial charge in [0.2, 0.25) is 0 Å². The van der Waals surface area contributed by atoms with Gasteiger partial charge in [-0.05, 0) is 64.3 Å². The summed E-state index contributed by atoms with van der Waals surface area (Å²) in [5, 5.41) is 2.88. The van der Waals surface area contributed by atoms with Crippen LogP contribution in [0.2, 0.25) is 0 Å². The van der Waals surface area contributed by atoms with E-state index in [1.54, 1.807) is 5.56 Å².